The van der Waals surface area contributed by atoms with Gasteiger partial charge in [-0.15, -0.1) is 11.3 Å². The summed E-state index contributed by atoms with van der Waals surface area (Å²) in [5.41, 5.74) is 2.20. The SMILES string of the molecule is COC(=O)c1sc2nc(C)nc(N3CCC(c4ccnn4C)CC3)c2c1C. The number of hydrogen-bond acceptors (Lipinski definition) is 7. The maximum absolute atomic E-state index is 12.1. The highest BCUT2D eigenvalue weighted by Crippen LogP contribution is 2.38. The molecule has 1 aliphatic heterocycles. The zero-order chi connectivity index (χ0) is 19.1. The molecule has 0 N–H and O–H groups in total. The number of carbonyl (C=O) groups excluding carboxylic acids is 1. The molecule has 3 aromatic heterocycles. The first-order chi connectivity index (χ1) is 13.0. The van der Waals surface area contributed by atoms with E-state index in [0.29, 0.717) is 10.8 Å². The van der Waals surface area contributed by atoms with Crippen LogP contribution in [-0.2, 0) is 11.8 Å². The predicted octanol–water partition coefficient (Wildman–Crippen LogP) is 3.21. The van der Waals surface area contributed by atoms with Crippen molar-refractivity contribution in [1.82, 2.24) is 19.7 Å². The molecule has 4 heterocycles. The van der Waals surface area contributed by atoms with E-state index in [1.165, 1.54) is 24.1 Å². The molecule has 1 saturated heterocycles. The second kappa shape index (κ2) is 6.92. The number of anilines is 1. The van der Waals surface area contributed by atoms with Gasteiger partial charge in [-0.2, -0.15) is 5.10 Å². The van der Waals surface area contributed by atoms with Crippen molar-refractivity contribution in [3.05, 3.63) is 34.2 Å². The Hall–Kier alpha value is -2.48. The van der Waals surface area contributed by atoms with Crippen molar-refractivity contribution in [1.29, 1.82) is 0 Å². The molecular weight excluding hydrogens is 362 g/mol. The van der Waals surface area contributed by atoms with Crippen LogP contribution in [0.3, 0.4) is 0 Å². The van der Waals surface area contributed by atoms with Crippen LogP contribution < -0.4 is 4.90 Å². The topological polar surface area (TPSA) is 73.1 Å². The summed E-state index contributed by atoms with van der Waals surface area (Å²) in [4.78, 5) is 25.2. The molecule has 1 fully saturated rings. The van der Waals surface area contributed by atoms with Crippen LogP contribution in [0.15, 0.2) is 12.3 Å². The van der Waals surface area contributed by atoms with Crippen LogP contribution >= 0.6 is 11.3 Å². The number of aryl methyl sites for hydroxylation is 3. The molecule has 142 valence electrons. The fourth-order valence-electron chi connectivity index (χ4n) is 3.91. The van der Waals surface area contributed by atoms with Gasteiger partial charge in [-0.3, -0.25) is 4.68 Å². The second-order valence-electron chi connectivity index (χ2n) is 6.96. The van der Waals surface area contributed by atoms with E-state index in [0.717, 1.165) is 53.4 Å². The van der Waals surface area contributed by atoms with Crippen molar-refractivity contribution < 1.29 is 9.53 Å². The number of fused-ring (bicyclic) bond motifs is 1. The van der Waals surface area contributed by atoms with E-state index in [1.807, 2.05) is 31.8 Å². The lowest BCUT2D eigenvalue weighted by Crippen LogP contribution is -2.34. The molecule has 0 saturated carbocycles. The zero-order valence-corrected chi connectivity index (χ0v) is 16.8. The minimum Gasteiger partial charge on any atom is -0.465 e. The summed E-state index contributed by atoms with van der Waals surface area (Å²) in [7, 11) is 3.41. The van der Waals surface area contributed by atoms with Gasteiger partial charge in [0.1, 0.15) is 21.3 Å². The normalized spacial score (nSPS) is 15.5. The Morgan fingerprint density at radius 3 is 2.63 bits per heavy atom. The first-order valence-corrected chi connectivity index (χ1v) is 9.90. The van der Waals surface area contributed by atoms with Crippen molar-refractivity contribution in [3.63, 3.8) is 0 Å². The van der Waals surface area contributed by atoms with E-state index >= 15 is 0 Å². The lowest BCUT2D eigenvalue weighted by Gasteiger charge is -2.33. The highest BCUT2D eigenvalue weighted by Gasteiger charge is 2.27. The number of thiophene rings is 1. The molecule has 0 unspecified atom stereocenters. The summed E-state index contributed by atoms with van der Waals surface area (Å²) >= 11 is 1.39. The Balaban J connectivity index is 1.67. The average Bonchev–Trinajstić information content (AvgIpc) is 3.24. The molecule has 0 radical (unpaired) electrons. The minimum atomic E-state index is -0.311. The van der Waals surface area contributed by atoms with Crippen LogP contribution in [0.25, 0.3) is 10.2 Å². The fraction of sp³-hybridized carbons (Fsp3) is 0.474. The highest BCUT2D eigenvalue weighted by molar-refractivity contribution is 7.20. The van der Waals surface area contributed by atoms with E-state index < -0.39 is 0 Å². The van der Waals surface area contributed by atoms with Crippen LogP contribution in [0.2, 0.25) is 0 Å². The fourth-order valence-corrected chi connectivity index (χ4v) is 5.05. The Morgan fingerprint density at radius 2 is 2.00 bits per heavy atom. The second-order valence-corrected chi connectivity index (χ2v) is 7.96. The van der Waals surface area contributed by atoms with E-state index in [4.69, 9.17) is 9.72 Å². The third-order valence-corrected chi connectivity index (χ3v) is 6.49. The maximum atomic E-state index is 12.1. The summed E-state index contributed by atoms with van der Waals surface area (Å²) in [6, 6.07) is 2.11. The van der Waals surface area contributed by atoms with Crippen LogP contribution in [0.4, 0.5) is 5.82 Å². The first-order valence-electron chi connectivity index (χ1n) is 9.08. The zero-order valence-electron chi connectivity index (χ0n) is 16.0. The lowest BCUT2D eigenvalue weighted by atomic mass is 9.93. The number of piperidine rings is 1. The minimum absolute atomic E-state index is 0.311. The van der Waals surface area contributed by atoms with Crippen molar-refractivity contribution >= 4 is 33.3 Å². The number of aromatic nitrogens is 4. The maximum Gasteiger partial charge on any atom is 0.348 e. The van der Waals surface area contributed by atoms with Gasteiger partial charge < -0.3 is 9.64 Å². The Bertz CT molecular complexity index is 1000. The van der Waals surface area contributed by atoms with Gasteiger partial charge in [0.25, 0.3) is 0 Å². The van der Waals surface area contributed by atoms with Crippen LogP contribution in [0.5, 0.6) is 0 Å². The third kappa shape index (κ3) is 3.07. The molecule has 0 atom stereocenters. The molecule has 4 rings (SSSR count). The van der Waals surface area contributed by atoms with Gasteiger partial charge in [-0.25, -0.2) is 14.8 Å². The van der Waals surface area contributed by atoms with E-state index in [-0.39, 0.29) is 5.97 Å². The number of rotatable bonds is 3. The molecule has 3 aromatic rings. The molecule has 0 spiro atoms. The lowest BCUT2D eigenvalue weighted by molar-refractivity contribution is 0.0605. The monoisotopic (exact) mass is 385 g/mol. The quantitative estimate of drug-likeness (QED) is 0.645. The molecule has 27 heavy (non-hydrogen) atoms. The van der Waals surface area contributed by atoms with Gasteiger partial charge >= 0.3 is 5.97 Å². The van der Waals surface area contributed by atoms with Crippen molar-refractivity contribution in [3.8, 4) is 0 Å². The molecule has 1 aliphatic rings. The predicted molar refractivity (Wildman–Crippen MR) is 106 cm³/mol. The van der Waals surface area contributed by atoms with E-state index in [1.54, 1.807) is 0 Å². The first kappa shape index (κ1) is 17.9. The number of methoxy groups -OCH3 is 1. The molecule has 0 amide bonds. The van der Waals surface area contributed by atoms with Gasteiger partial charge in [0, 0.05) is 37.9 Å². The number of nitrogens with zero attached hydrogens (tertiary/aromatic N) is 5. The average molecular weight is 385 g/mol. The van der Waals surface area contributed by atoms with Gasteiger partial charge in [-0.1, -0.05) is 0 Å². The smallest absolute Gasteiger partial charge is 0.348 e. The summed E-state index contributed by atoms with van der Waals surface area (Å²) in [5, 5.41) is 5.28. The summed E-state index contributed by atoms with van der Waals surface area (Å²) < 4.78 is 6.90. The van der Waals surface area contributed by atoms with Crippen molar-refractivity contribution in [2.75, 3.05) is 25.1 Å². The summed E-state index contributed by atoms with van der Waals surface area (Å²) in [6.07, 6.45) is 3.97. The third-order valence-electron chi connectivity index (χ3n) is 5.33. The van der Waals surface area contributed by atoms with E-state index in [9.17, 15) is 4.79 Å². The van der Waals surface area contributed by atoms with Gasteiger partial charge in [0.05, 0.1) is 12.5 Å². The van der Waals surface area contributed by atoms with Gasteiger partial charge in [-0.05, 0) is 38.3 Å². The van der Waals surface area contributed by atoms with Crippen molar-refractivity contribution in [2.45, 2.75) is 32.6 Å². The number of carbonyl (C=O) groups is 1. The van der Waals surface area contributed by atoms with Crippen LogP contribution in [0, 0.1) is 13.8 Å². The standard InChI is InChI=1S/C19H23N5O2S/c1-11-15-17(21-12(2)22-18(15)27-16(11)19(25)26-4)24-9-6-13(7-10-24)14-5-8-20-23(14)3/h5,8,13H,6-7,9-10H2,1-4H3. The summed E-state index contributed by atoms with van der Waals surface area (Å²) in [6.45, 7) is 5.70. The number of ether oxygens (including phenoxy) is 1. The van der Waals surface area contributed by atoms with Gasteiger partial charge in [0.15, 0.2) is 0 Å². The van der Waals surface area contributed by atoms with Gasteiger partial charge in [0.2, 0.25) is 0 Å². The van der Waals surface area contributed by atoms with Crippen molar-refractivity contribution in [2.24, 2.45) is 7.05 Å². The Morgan fingerprint density at radius 1 is 1.26 bits per heavy atom. The largest absolute Gasteiger partial charge is 0.465 e. The molecule has 0 aliphatic carbocycles. The number of hydrogen-bond donors (Lipinski definition) is 0. The van der Waals surface area contributed by atoms with E-state index in [2.05, 4.69) is 21.0 Å². The summed E-state index contributed by atoms with van der Waals surface area (Å²) in [5.74, 6) is 1.86. The molecule has 0 bridgehead atoms. The number of esters is 1. The Labute approximate surface area is 162 Å². The highest BCUT2D eigenvalue weighted by atomic mass is 32.1. The van der Waals surface area contributed by atoms with Crippen LogP contribution in [-0.4, -0.2) is 45.9 Å². The molecule has 8 heteroatoms. The molecular formula is C19H23N5O2S. The van der Waals surface area contributed by atoms with Crippen LogP contribution in [0.1, 0.15) is 45.5 Å². The Kier molecular flexibility index (Phi) is 4.59. The molecule has 7 nitrogen and oxygen atoms in total. The molecule has 0 aromatic carbocycles.